The van der Waals surface area contributed by atoms with Gasteiger partial charge in [0.25, 0.3) is 0 Å². The van der Waals surface area contributed by atoms with Crippen molar-refractivity contribution in [3.8, 4) is 0 Å². The summed E-state index contributed by atoms with van der Waals surface area (Å²) in [6.07, 6.45) is 1.80. The maximum atomic E-state index is 11.7. The van der Waals surface area contributed by atoms with Crippen LogP contribution in [0.3, 0.4) is 0 Å². The van der Waals surface area contributed by atoms with Crippen LogP contribution in [0.5, 0.6) is 0 Å². The van der Waals surface area contributed by atoms with Gasteiger partial charge in [0, 0.05) is 31.0 Å². The predicted molar refractivity (Wildman–Crippen MR) is 148 cm³/mol. The number of likely N-dealkylation sites (tertiary alicyclic amines) is 1. The number of carbonyl (C=O) groups excluding carboxylic acids is 4. The molecule has 2 aromatic carbocycles. The second-order valence-corrected chi connectivity index (χ2v) is 10.6. The summed E-state index contributed by atoms with van der Waals surface area (Å²) in [6.45, 7) is 15.7. The van der Waals surface area contributed by atoms with E-state index in [1.165, 1.54) is 11.1 Å². The summed E-state index contributed by atoms with van der Waals surface area (Å²) < 4.78 is 5.27. The van der Waals surface area contributed by atoms with E-state index in [0.717, 1.165) is 24.0 Å². The standard InChI is InChI=1S/C12H21NO3.C10H12O.C9H10O/c1-9(14)10-5-7-13(8-6-10)11(15)16-12(2,3)4;1-8-3-5-10(6-4-8)7-9(2)11;1-7-3-5-9(6-4-7)8(2)10/h10H,5-8H2,1-4H3;3-6H,7H2,1-2H3;3-6H,1-2H3. The van der Waals surface area contributed by atoms with Gasteiger partial charge in [-0.25, -0.2) is 4.79 Å². The fourth-order valence-corrected chi connectivity index (χ4v) is 3.58. The molecule has 0 saturated carbocycles. The van der Waals surface area contributed by atoms with Gasteiger partial charge >= 0.3 is 6.09 Å². The molecule has 1 amide bonds. The number of rotatable bonds is 4. The molecule has 0 bridgehead atoms. The fourth-order valence-electron chi connectivity index (χ4n) is 3.58. The number of nitrogens with zero attached hydrogens (tertiary/aromatic N) is 1. The van der Waals surface area contributed by atoms with Crippen molar-refractivity contribution in [3.63, 3.8) is 0 Å². The first-order valence-electron chi connectivity index (χ1n) is 12.8. The number of amides is 1. The first-order valence-corrected chi connectivity index (χ1v) is 12.8. The molecule has 1 fully saturated rings. The van der Waals surface area contributed by atoms with Crippen LogP contribution in [0.2, 0.25) is 0 Å². The minimum Gasteiger partial charge on any atom is -0.444 e. The highest BCUT2D eigenvalue weighted by Gasteiger charge is 2.28. The van der Waals surface area contributed by atoms with Crippen LogP contribution < -0.4 is 0 Å². The van der Waals surface area contributed by atoms with Crippen molar-refractivity contribution in [2.45, 2.75) is 80.3 Å². The van der Waals surface area contributed by atoms with Crippen molar-refractivity contribution in [1.29, 1.82) is 0 Å². The minimum absolute atomic E-state index is 0.124. The molecular formula is C31H43NO5. The number of hydrogen-bond donors (Lipinski definition) is 0. The molecule has 1 saturated heterocycles. The van der Waals surface area contributed by atoms with Gasteiger partial charge in [-0.1, -0.05) is 59.7 Å². The van der Waals surface area contributed by atoms with Gasteiger partial charge in [-0.15, -0.1) is 0 Å². The largest absolute Gasteiger partial charge is 0.444 e. The molecule has 0 aromatic heterocycles. The Kier molecular flexibility index (Phi) is 12.9. The molecule has 3 rings (SSSR count). The summed E-state index contributed by atoms with van der Waals surface area (Å²) in [7, 11) is 0. The van der Waals surface area contributed by atoms with Crippen molar-refractivity contribution in [2.24, 2.45) is 5.92 Å². The molecule has 1 heterocycles. The number of benzene rings is 2. The van der Waals surface area contributed by atoms with Crippen LogP contribution in [0.25, 0.3) is 0 Å². The summed E-state index contributed by atoms with van der Waals surface area (Å²) in [5.41, 5.74) is 3.85. The normalized spacial score (nSPS) is 13.4. The molecule has 0 atom stereocenters. The lowest BCUT2D eigenvalue weighted by Crippen LogP contribution is -2.42. The average molecular weight is 510 g/mol. The SMILES string of the molecule is CC(=O)C1CCN(C(=O)OC(C)(C)C)CC1.CC(=O)Cc1ccc(C)cc1.CC(=O)c1ccc(C)cc1. The number of ether oxygens (including phenoxy) is 1. The van der Waals surface area contributed by atoms with Crippen LogP contribution in [-0.4, -0.2) is 47.0 Å². The van der Waals surface area contributed by atoms with Gasteiger partial charge in [-0.05, 0) is 73.8 Å². The molecule has 6 nitrogen and oxygen atoms in total. The number of piperidine rings is 1. The Morgan fingerprint density at radius 1 is 0.811 bits per heavy atom. The van der Waals surface area contributed by atoms with Crippen molar-refractivity contribution in [2.75, 3.05) is 13.1 Å². The number of Topliss-reactive ketones (excluding diaryl/α,β-unsaturated/α-hetero) is 3. The van der Waals surface area contributed by atoms with Gasteiger partial charge in [0.05, 0.1) is 0 Å². The Hall–Kier alpha value is -3.28. The Bertz CT molecular complexity index is 1020. The molecule has 2 aromatic rings. The van der Waals surface area contributed by atoms with Crippen molar-refractivity contribution < 1.29 is 23.9 Å². The molecule has 0 N–H and O–H groups in total. The lowest BCUT2D eigenvalue weighted by Gasteiger charge is -2.32. The van der Waals surface area contributed by atoms with Gasteiger partial charge < -0.3 is 9.64 Å². The third kappa shape index (κ3) is 13.6. The molecule has 202 valence electrons. The summed E-state index contributed by atoms with van der Waals surface area (Å²) >= 11 is 0. The topological polar surface area (TPSA) is 80.8 Å². The second-order valence-electron chi connectivity index (χ2n) is 10.6. The molecule has 1 aliphatic heterocycles. The summed E-state index contributed by atoms with van der Waals surface area (Å²) in [5, 5.41) is 0. The number of ketones is 3. The molecule has 1 aliphatic rings. The van der Waals surface area contributed by atoms with Crippen molar-refractivity contribution in [1.82, 2.24) is 4.90 Å². The van der Waals surface area contributed by atoms with Gasteiger partial charge in [0.15, 0.2) is 5.78 Å². The molecule has 0 spiro atoms. The van der Waals surface area contributed by atoms with Crippen molar-refractivity contribution in [3.05, 3.63) is 70.8 Å². The number of aryl methyl sites for hydroxylation is 2. The monoisotopic (exact) mass is 509 g/mol. The maximum Gasteiger partial charge on any atom is 0.410 e. The molecular weight excluding hydrogens is 466 g/mol. The molecule has 0 unspecified atom stereocenters. The fraction of sp³-hybridized carbons (Fsp3) is 0.484. The van der Waals surface area contributed by atoms with E-state index in [-0.39, 0.29) is 29.4 Å². The highest BCUT2D eigenvalue weighted by molar-refractivity contribution is 5.94. The van der Waals surface area contributed by atoms with E-state index >= 15 is 0 Å². The maximum absolute atomic E-state index is 11.7. The summed E-state index contributed by atoms with van der Waals surface area (Å²) in [5.74, 6) is 0.691. The Balaban J connectivity index is 0.000000288. The average Bonchev–Trinajstić information content (AvgIpc) is 2.80. The van der Waals surface area contributed by atoms with Crippen molar-refractivity contribution >= 4 is 23.4 Å². The Morgan fingerprint density at radius 2 is 1.27 bits per heavy atom. The lowest BCUT2D eigenvalue weighted by molar-refractivity contribution is -0.122. The highest BCUT2D eigenvalue weighted by atomic mass is 16.6. The van der Waals surface area contributed by atoms with Gasteiger partial charge in [0.2, 0.25) is 0 Å². The zero-order valence-corrected chi connectivity index (χ0v) is 23.7. The predicted octanol–water partition coefficient (Wildman–Crippen LogP) is 6.55. The summed E-state index contributed by atoms with van der Waals surface area (Å²) in [6, 6.07) is 15.6. The molecule has 37 heavy (non-hydrogen) atoms. The minimum atomic E-state index is -0.450. The zero-order valence-electron chi connectivity index (χ0n) is 23.7. The van der Waals surface area contributed by atoms with E-state index in [0.29, 0.717) is 19.5 Å². The van der Waals surface area contributed by atoms with E-state index < -0.39 is 5.60 Å². The first-order chi connectivity index (χ1) is 17.2. The van der Waals surface area contributed by atoms with Crippen LogP contribution in [0.1, 0.15) is 81.4 Å². The van der Waals surface area contributed by atoms with Crippen LogP contribution in [0.4, 0.5) is 4.79 Å². The molecule has 0 radical (unpaired) electrons. The number of carbonyl (C=O) groups is 4. The van der Waals surface area contributed by atoms with E-state index in [2.05, 4.69) is 0 Å². The smallest absolute Gasteiger partial charge is 0.410 e. The molecule has 0 aliphatic carbocycles. The zero-order chi connectivity index (χ0) is 28.2. The highest BCUT2D eigenvalue weighted by Crippen LogP contribution is 2.20. The van der Waals surface area contributed by atoms with Crippen LogP contribution >= 0.6 is 0 Å². The quantitative estimate of drug-likeness (QED) is 0.437. The lowest BCUT2D eigenvalue weighted by atomic mass is 9.94. The van der Waals surface area contributed by atoms with Crippen LogP contribution in [0.15, 0.2) is 48.5 Å². The Morgan fingerprint density at radius 3 is 1.65 bits per heavy atom. The third-order valence-corrected chi connectivity index (χ3v) is 5.75. The second kappa shape index (κ2) is 15.1. The van der Waals surface area contributed by atoms with E-state index in [1.54, 1.807) is 25.7 Å². The van der Waals surface area contributed by atoms with Crippen LogP contribution in [0, 0.1) is 19.8 Å². The van der Waals surface area contributed by atoms with Gasteiger partial charge in [0.1, 0.15) is 17.2 Å². The van der Waals surface area contributed by atoms with E-state index in [4.69, 9.17) is 4.74 Å². The summed E-state index contributed by atoms with van der Waals surface area (Å²) in [4.78, 5) is 46.0. The van der Waals surface area contributed by atoms with E-state index in [9.17, 15) is 19.2 Å². The first kappa shape index (κ1) is 31.7. The van der Waals surface area contributed by atoms with Crippen LogP contribution in [-0.2, 0) is 20.7 Å². The molecule has 6 heteroatoms. The van der Waals surface area contributed by atoms with Gasteiger partial charge in [-0.2, -0.15) is 0 Å². The number of hydrogen-bond acceptors (Lipinski definition) is 5. The Labute approximate surface area is 222 Å². The van der Waals surface area contributed by atoms with Gasteiger partial charge in [-0.3, -0.25) is 14.4 Å². The third-order valence-electron chi connectivity index (χ3n) is 5.75. The van der Waals surface area contributed by atoms with E-state index in [1.807, 2.05) is 83.1 Å².